The normalized spacial score (nSPS) is 13.8. The molecule has 0 saturated carbocycles. The number of imidazole rings is 1. The molecular formula is C13H15N3O2. The number of ether oxygens (including phenoxy) is 2. The molecule has 0 spiro atoms. The monoisotopic (exact) mass is 245 g/mol. The molecule has 0 unspecified atom stereocenters. The van der Waals surface area contributed by atoms with E-state index in [0.717, 1.165) is 28.1 Å². The summed E-state index contributed by atoms with van der Waals surface area (Å²) in [5.74, 6) is 1.96. The van der Waals surface area contributed by atoms with E-state index in [-0.39, 0.29) is 0 Å². The summed E-state index contributed by atoms with van der Waals surface area (Å²) in [5, 5.41) is 0. The molecule has 5 heteroatoms. The first-order valence-electron chi connectivity index (χ1n) is 5.85. The van der Waals surface area contributed by atoms with Crippen molar-refractivity contribution in [2.75, 3.05) is 18.9 Å². The summed E-state index contributed by atoms with van der Waals surface area (Å²) in [6.45, 7) is 7.66. The number of nitrogens with zero attached hydrogens (tertiary/aromatic N) is 2. The van der Waals surface area contributed by atoms with Crippen LogP contribution in [0.1, 0.15) is 6.92 Å². The Kier molecular flexibility index (Phi) is 2.40. The SMILES string of the molecule is C=C(C)Cn1c(N)nc2cc3c(cc21)OCCO3. The molecule has 2 aromatic rings. The zero-order valence-corrected chi connectivity index (χ0v) is 10.3. The fraction of sp³-hybridized carbons (Fsp3) is 0.308. The smallest absolute Gasteiger partial charge is 0.201 e. The van der Waals surface area contributed by atoms with E-state index in [4.69, 9.17) is 15.2 Å². The zero-order chi connectivity index (χ0) is 12.7. The number of rotatable bonds is 2. The first-order valence-corrected chi connectivity index (χ1v) is 5.85. The summed E-state index contributed by atoms with van der Waals surface area (Å²) in [6, 6.07) is 3.80. The molecule has 18 heavy (non-hydrogen) atoms. The molecule has 2 heterocycles. The number of allylic oxidation sites excluding steroid dienone is 1. The lowest BCUT2D eigenvalue weighted by Gasteiger charge is -2.18. The van der Waals surface area contributed by atoms with Crippen LogP contribution < -0.4 is 15.2 Å². The molecule has 0 atom stereocenters. The Morgan fingerprint density at radius 2 is 2.06 bits per heavy atom. The van der Waals surface area contributed by atoms with E-state index in [1.165, 1.54) is 0 Å². The molecule has 1 aliphatic rings. The quantitative estimate of drug-likeness (QED) is 0.822. The Hall–Kier alpha value is -2.17. The predicted molar refractivity (Wildman–Crippen MR) is 69.9 cm³/mol. The molecule has 2 N–H and O–H groups in total. The lowest BCUT2D eigenvalue weighted by Crippen LogP contribution is -2.15. The summed E-state index contributed by atoms with van der Waals surface area (Å²) in [6.07, 6.45) is 0. The van der Waals surface area contributed by atoms with Gasteiger partial charge in [0.15, 0.2) is 11.5 Å². The Labute approximate surface area is 105 Å². The fourth-order valence-electron chi connectivity index (χ4n) is 2.12. The van der Waals surface area contributed by atoms with Crippen LogP contribution in [0, 0.1) is 0 Å². The molecule has 1 aromatic heterocycles. The van der Waals surface area contributed by atoms with Crippen molar-refractivity contribution < 1.29 is 9.47 Å². The van der Waals surface area contributed by atoms with Crippen LogP contribution in [0.4, 0.5) is 5.95 Å². The van der Waals surface area contributed by atoms with Crippen LogP contribution in [0.2, 0.25) is 0 Å². The second-order valence-corrected chi connectivity index (χ2v) is 4.50. The van der Waals surface area contributed by atoms with Crippen LogP contribution in [0.5, 0.6) is 11.5 Å². The molecule has 94 valence electrons. The molecule has 3 rings (SSSR count). The molecule has 0 fully saturated rings. The van der Waals surface area contributed by atoms with Crippen LogP contribution in [0.25, 0.3) is 11.0 Å². The van der Waals surface area contributed by atoms with E-state index in [1.54, 1.807) is 0 Å². The molecule has 5 nitrogen and oxygen atoms in total. The van der Waals surface area contributed by atoms with Crippen molar-refractivity contribution in [2.24, 2.45) is 0 Å². The fourth-order valence-corrected chi connectivity index (χ4v) is 2.12. The van der Waals surface area contributed by atoms with Crippen molar-refractivity contribution in [3.05, 3.63) is 24.3 Å². The molecule has 0 aliphatic carbocycles. The third-order valence-electron chi connectivity index (χ3n) is 2.87. The molecular weight excluding hydrogens is 230 g/mol. The van der Waals surface area contributed by atoms with Gasteiger partial charge >= 0.3 is 0 Å². The number of aromatic nitrogens is 2. The maximum atomic E-state index is 5.93. The van der Waals surface area contributed by atoms with Gasteiger partial charge in [0.25, 0.3) is 0 Å². The number of nitrogen functional groups attached to an aromatic ring is 1. The van der Waals surface area contributed by atoms with E-state index in [2.05, 4.69) is 11.6 Å². The molecule has 0 saturated heterocycles. The Balaban J connectivity index is 2.18. The number of fused-ring (bicyclic) bond motifs is 2. The number of hydrogen-bond acceptors (Lipinski definition) is 4. The van der Waals surface area contributed by atoms with Gasteiger partial charge in [0, 0.05) is 18.7 Å². The summed E-state index contributed by atoms with van der Waals surface area (Å²) in [7, 11) is 0. The maximum absolute atomic E-state index is 5.93. The van der Waals surface area contributed by atoms with Gasteiger partial charge in [-0.2, -0.15) is 0 Å². The van der Waals surface area contributed by atoms with Crippen molar-refractivity contribution >= 4 is 17.0 Å². The van der Waals surface area contributed by atoms with Crippen molar-refractivity contribution in [2.45, 2.75) is 13.5 Å². The molecule has 0 radical (unpaired) electrons. The minimum absolute atomic E-state index is 0.482. The highest BCUT2D eigenvalue weighted by molar-refractivity contribution is 5.82. The largest absolute Gasteiger partial charge is 0.486 e. The predicted octanol–water partition coefficient (Wildman–Crippen LogP) is 1.97. The first kappa shape index (κ1) is 11.0. The van der Waals surface area contributed by atoms with Gasteiger partial charge in [0.1, 0.15) is 13.2 Å². The van der Waals surface area contributed by atoms with E-state index in [9.17, 15) is 0 Å². The van der Waals surface area contributed by atoms with Crippen LogP contribution in [-0.4, -0.2) is 22.8 Å². The average Bonchev–Trinajstić information content (AvgIpc) is 2.62. The van der Waals surface area contributed by atoms with Crippen LogP contribution in [0.15, 0.2) is 24.3 Å². The zero-order valence-electron chi connectivity index (χ0n) is 10.3. The topological polar surface area (TPSA) is 62.3 Å². The van der Waals surface area contributed by atoms with E-state index in [0.29, 0.717) is 25.7 Å². The van der Waals surface area contributed by atoms with E-state index >= 15 is 0 Å². The van der Waals surface area contributed by atoms with Gasteiger partial charge in [-0.25, -0.2) is 4.98 Å². The van der Waals surface area contributed by atoms with Crippen molar-refractivity contribution in [1.82, 2.24) is 9.55 Å². The van der Waals surface area contributed by atoms with Crippen LogP contribution >= 0.6 is 0 Å². The summed E-state index contributed by atoms with van der Waals surface area (Å²) in [4.78, 5) is 4.34. The molecule has 1 aromatic carbocycles. The highest BCUT2D eigenvalue weighted by atomic mass is 16.6. The molecule has 0 bridgehead atoms. The highest BCUT2D eigenvalue weighted by Gasteiger charge is 2.16. The first-order chi connectivity index (χ1) is 8.65. The van der Waals surface area contributed by atoms with Gasteiger partial charge < -0.3 is 19.8 Å². The number of nitrogens with two attached hydrogens (primary N) is 1. The highest BCUT2D eigenvalue weighted by Crippen LogP contribution is 2.35. The second-order valence-electron chi connectivity index (χ2n) is 4.50. The van der Waals surface area contributed by atoms with Crippen molar-refractivity contribution in [3.63, 3.8) is 0 Å². The van der Waals surface area contributed by atoms with Crippen LogP contribution in [-0.2, 0) is 6.54 Å². The third-order valence-corrected chi connectivity index (χ3v) is 2.87. The third kappa shape index (κ3) is 1.68. The van der Waals surface area contributed by atoms with Crippen molar-refractivity contribution in [3.8, 4) is 11.5 Å². The number of benzene rings is 1. The van der Waals surface area contributed by atoms with Gasteiger partial charge in [-0.05, 0) is 6.92 Å². The van der Waals surface area contributed by atoms with Crippen LogP contribution in [0.3, 0.4) is 0 Å². The summed E-state index contributed by atoms with van der Waals surface area (Å²) >= 11 is 0. The van der Waals surface area contributed by atoms with Crippen molar-refractivity contribution in [1.29, 1.82) is 0 Å². The van der Waals surface area contributed by atoms with E-state index in [1.807, 2.05) is 23.6 Å². The standard InChI is InChI=1S/C13H15N3O2/c1-8(2)7-16-10-6-12-11(17-3-4-18-12)5-9(10)15-13(16)14/h5-6H,1,3-4,7H2,2H3,(H2,14,15). The summed E-state index contributed by atoms with van der Waals surface area (Å²) < 4.78 is 13.0. The van der Waals surface area contributed by atoms with Gasteiger partial charge in [0.2, 0.25) is 5.95 Å². The Morgan fingerprint density at radius 1 is 1.39 bits per heavy atom. The van der Waals surface area contributed by atoms with Gasteiger partial charge in [-0.3, -0.25) is 0 Å². The van der Waals surface area contributed by atoms with E-state index < -0.39 is 0 Å². The van der Waals surface area contributed by atoms with Gasteiger partial charge in [-0.15, -0.1) is 0 Å². The summed E-state index contributed by atoms with van der Waals surface area (Å²) in [5.41, 5.74) is 8.72. The molecule has 0 amide bonds. The second kappa shape index (κ2) is 3.94. The Bertz CT molecular complexity index is 631. The van der Waals surface area contributed by atoms with Gasteiger partial charge in [-0.1, -0.05) is 12.2 Å². The number of hydrogen-bond donors (Lipinski definition) is 1. The van der Waals surface area contributed by atoms with Gasteiger partial charge in [0.05, 0.1) is 11.0 Å². The average molecular weight is 245 g/mol. The lowest BCUT2D eigenvalue weighted by molar-refractivity contribution is 0.172. The minimum atomic E-state index is 0.482. The number of anilines is 1. The lowest BCUT2D eigenvalue weighted by atomic mass is 10.2. The molecule has 1 aliphatic heterocycles. The Morgan fingerprint density at radius 3 is 2.72 bits per heavy atom. The minimum Gasteiger partial charge on any atom is -0.486 e. The maximum Gasteiger partial charge on any atom is 0.201 e.